The third kappa shape index (κ3) is 1.98. The molecule has 0 spiro atoms. The van der Waals surface area contributed by atoms with Crippen LogP contribution in [-0.4, -0.2) is 23.9 Å². The van der Waals surface area contributed by atoms with Crippen molar-refractivity contribution in [2.45, 2.75) is 6.42 Å². The lowest BCUT2D eigenvalue weighted by Gasteiger charge is -2.30. The number of thiophene rings is 1. The molecule has 0 atom stereocenters. The molecule has 2 heterocycles. The van der Waals surface area contributed by atoms with Gasteiger partial charge in [-0.05, 0) is 35.6 Å². The molecule has 0 radical (unpaired) electrons. The number of hydrogen-bond acceptors (Lipinski definition) is 2. The normalized spacial score (nSPS) is 14.5. The van der Waals surface area contributed by atoms with Crippen LogP contribution in [0, 0.1) is 0 Å². The van der Waals surface area contributed by atoms with Crippen LogP contribution >= 0.6 is 11.3 Å². The number of benzene rings is 1. The van der Waals surface area contributed by atoms with Crippen molar-refractivity contribution in [2.75, 3.05) is 13.1 Å². The van der Waals surface area contributed by atoms with Crippen LogP contribution in [0.15, 0.2) is 41.8 Å². The summed E-state index contributed by atoms with van der Waals surface area (Å²) < 4.78 is 0. The molecule has 0 unspecified atom stereocenters. The summed E-state index contributed by atoms with van der Waals surface area (Å²) in [6.45, 7) is 1.82. The minimum absolute atomic E-state index is 0.161. The molecule has 0 bridgehead atoms. The highest BCUT2D eigenvalue weighted by Gasteiger charge is 2.21. The molecule has 0 N–H and O–H groups in total. The van der Waals surface area contributed by atoms with Crippen molar-refractivity contribution in [2.24, 2.45) is 0 Å². The monoisotopic (exact) mass is 243 g/mol. The van der Waals surface area contributed by atoms with Crippen LogP contribution in [0.3, 0.4) is 0 Å². The van der Waals surface area contributed by atoms with E-state index in [1.165, 1.54) is 10.4 Å². The zero-order valence-corrected chi connectivity index (χ0v) is 10.2. The van der Waals surface area contributed by atoms with Crippen LogP contribution in [-0.2, 0) is 0 Å². The van der Waals surface area contributed by atoms with Crippen molar-refractivity contribution >= 4 is 17.2 Å². The van der Waals surface area contributed by atoms with Gasteiger partial charge in [0.2, 0.25) is 0 Å². The van der Waals surface area contributed by atoms with E-state index in [1.54, 1.807) is 11.3 Å². The van der Waals surface area contributed by atoms with Crippen LogP contribution < -0.4 is 0 Å². The van der Waals surface area contributed by atoms with Crippen LogP contribution in [0.1, 0.15) is 16.8 Å². The largest absolute Gasteiger partial charge is 0.339 e. The number of hydrogen-bond donors (Lipinski definition) is 0. The van der Waals surface area contributed by atoms with Crippen LogP contribution in [0.4, 0.5) is 0 Å². The predicted octanol–water partition coefficient (Wildman–Crippen LogP) is 3.26. The zero-order chi connectivity index (χ0) is 11.7. The highest BCUT2D eigenvalue weighted by Crippen LogP contribution is 2.25. The summed E-state index contributed by atoms with van der Waals surface area (Å²) in [6, 6.07) is 12.0. The number of carbonyl (C=O) groups excluding carboxylic acids is 1. The molecule has 17 heavy (non-hydrogen) atoms. The molecule has 86 valence electrons. The van der Waals surface area contributed by atoms with Crippen molar-refractivity contribution in [3.05, 3.63) is 47.3 Å². The Morgan fingerprint density at radius 2 is 1.88 bits per heavy atom. The van der Waals surface area contributed by atoms with E-state index in [-0.39, 0.29) is 5.91 Å². The standard InChI is InChI=1S/C14H13NOS/c16-14(15-8-2-9-15)12-6-4-11(5-7-12)13-3-1-10-17-13/h1,3-7,10H,2,8-9H2. The Hall–Kier alpha value is -1.61. The quantitative estimate of drug-likeness (QED) is 0.792. The van der Waals surface area contributed by atoms with Gasteiger partial charge in [-0.1, -0.05) is 18.2 Å². The van der Waals surface area contributed by atoms with Gasteiger partial charge in [0.1, 0.15) is 0 Å². The summed E-state index contributed by atoms with van der Waals surface area (Å²) in [5, 5.41) is 2.06. The number of carbonyl (C=O) groups is 1. The van der Waals surface area contributed by atoms with Gasteiger partial charge in [0.25, 0.3) is 5.91 Å². The molecule has 0 aliphatic carbocycles. The fraction of sp³-hybridized carbons (Fsp3) is 0.214. The number of amides is 1. The van der Waals surface area contributed by atoms with Gasteiger partial charge in [-0.15, -0.1) is 11.3 Å². The maximum Gasteiger partial charge on any atom is 0.253 e. The van der Waals surface area contributed by atoms with E-state index in [9.17, 15) is 4.79 Å². The third-order valence-electron chi connectivity index (χ3n) is 3.08. The van der Waals surface area contributed by atoms with Gasteiger partial charge < -0.3 is 4.90 Å². The highest BCUT2D eigenvalue weighted by atomic mass is 32.1. The smallest absolute Gasteiger partial charge is 0.253 e. The molecule has 1 amide bonds. The molecule has 3 rings (SSSR count). The van der Waals surface area contributed by atoms with E-state index in [0.29, 0.717) is 0 Å². The van der Waals surface area contributed by atoms with Gasteiger partial charge in [0.05, 0.1) is 0 Å². The molecular weight excluding hydrogens is 230 g/mol. The first-order chi connectivity index (χ1) is 8.34. The molecule has 2 aromatic rings. The van der Waals surface area contributed by atoms with Gasteiger partial charge in [0, 0.05) is 23.5 Å². The Morgan fingerprint density at radius 3 is 2.41 bits per heavy atom. The summed E-state index contributed by atoms with van der Waals surface area (Å²) in [6.07, 6.45) is 1.14. The van der Waals surface area contributed by atoms with Crippen molar-refractivity contribution in [3.8, 4) is 10.4 Å². The predicted molar refractivity (Wildman–Crippen MR) is 70.3 cm³/mol. The zero-order valence-electron chi connectivity index (χ0n) is 9.43. The van der Waals surface area contributed by atoms with Gasteiger partial charge >= 0.3 is 0 Å². The lowest BCUT2D eigenvalue weighted by Crippen LogP contribution is -2.41. The molecule has 3 heteroatoms. The third-order valence-corrected chi connectivity index (χ3v) is 4.00. The molecule has 1 fully saturated rings. The summed E-state index contributed by atoms with van der Waals surface area (Å²) in [5.41, 5.74) is 1.98. The Balaban J connectivity index is 1.82. The molecule has 0 saturated carbocycles. The fourth-order valence-corrected chi connectivity index (χ4v) is 2.65. The Kier molecular flexibility index (Phi) is 2.69. The topological polar surface area (TPSA) is 20.3 Å². The molecule has 1 aliphatic rings. The average Bonchev–Trinajstić information content (AvgIpc) is 2.80. The van der Waals surface area contributed by atoms with Gasteiger partial charge in [-0.2, -0.15) is 0 Å². The molecule has 1 aliphatic heterocycles. The summed E-state index contributed by atoms with van der Waals surface area (Å²) in [4.78, 5) is 15.1. The van der Waals surface area contributed by atoms with Gasteiger partial charge in [-0.25, -0.2) is 0 Å². The van der Waals surface area contributed by atoms with Crippen LogP contribution in [0.2, 0.25) is 0 Å². The van der Waals surface area contributed by atoms with Crippen LogP contribution in [0.5, 0.6) is 0 Å². The molecular formula is C14H13NOS. The first kappa shape index (κ1) is 10.5. The fourth-order valence-electron chi connectivity index (χ4n) is 1.92. The number of nitrogens with zero attached hydrogens (tertiary/aromatic N) is 1. The first-order valence-corrected chi connectivity index (χ1v) is 6.66. The molecule has 1 aromatic heterocycles. The number of rotatable bonds is 2. The first-order valence-electron chi connectivity index (χ1n) is 5.78. The highest BCUT2D eigenvalue weighted by molar-refractivity contribution is 7.13. The molecule has 1 saturated heterocycles. The second-order valence-corrected chi connectivity index (χ2v) is 5.15. The second-order valence-electron chi connectivity index (χ2n) is 4.20. The average molecular weight is 243 g/mol. The molecule has 2 nitrogen and oxygen atoms in total. The maximum atomic E-state index is 12.0. The number of likely N-dealkylation sites (tertiary alicyclic amines) is 1. The van der Waals surface area contributed by atoms with Crippen molar-refractivity contribution < 1.29 is 4.79 Å². The summed E-state index contributed by atoms with van der Waals surface area (Å²) >= 11 is 1.72. The van der Waals surface area contributed by atoms with E-state index in [0.717, 1.165) is 25.1 Å². The van der Waals surface area contributed by atoms with Crippen molar-refractivity contribution in [1.29, 1.82) is 0 Å². The Labute approximate surface area is 105 Å². The summed E-state index contributed by atoms with van der Waals surface area (Å²) in [5.74, 6) is 0.161. The van der Waals surface area contributed by atoms with Crippen LogP contribution in [0.25, 0.3) is 10.4 Å². The van der Waals surface area contributed by atoms with Gasteiger partial charge in [0.15, 0.2) is 0 Å². The van der Waals surface area contributed by atoms with Crippen molar-refractivity contribution in [1.82, 2.24) is 4.90 Å². The van der Waals surface area contributed by atoms with E-state index in [2.05, 4.69) is 11.4 Å². The second kappa shape index (κ2) is 4.34. The van der Waals surface area contributed by atoms with E-state index >= 15 is 0 Å². The Bertz CT molecular complexity index is 512. The van der Waals surface area contributed by atoms with Crippen molar-refractivity contribution in [3.63, 3.8) is 0 Å². The van der Waals surface area contributed by atoms with E-state index in [1.807, 2.05) is 35.2 Å². The SMILES string of the molecule is O=C(c1ccc(-c2cccs2)cc1)N1CCC1. The lowest BCUT2D eigenvalue weighted by molar-refractivity contribution is 0.0652. The van der Waals surface area contributed by atoms with Gasteiger partial charge in [-0.3, -0.25) is 4.79 Å². The molecule has 1 aromatic carbocycles. The minimum atomic E-state index is 0.161. The Morgan fingerprint density at radius 1 is 1.12 bits per heavy atom. The van der Waals surface area contributed by atoms with E-state index < -0.39 is 0 Å². The summed E-state index contributed by atoms with van der Waals surface area (Å²) in [7, 11) is 0. The lowest BCUT2D eigenvalue weighted by atomic mass is 10.1. The van der Waals surface area contributed by atoms with E-state index in [4.69, 9.17) is 0 Å². The minimum Gasteiger partial charge on any atom is -0.339 e. The maximum absolute atomic E-state index is 12.0.